The molecule has 1 saturated heterocycles. The molecule has 5 heteroatoms. The molecule has 0 bridgehead atoms. The van der Waals surface area contributed by atoms with Crippen molar-refractivity contribution in [1.82, 2.24) is 0 Å². The van der Waals surface area contributed by atoms with Gasteiger partial charge in [-0.3, -0.25) is 0 Å². The van der Waals surface area contributed by atoms with Crippen molar-refractivity contribution in [3.05, 3.63) is 29.8 Å². The Hall–Kier alpha value is -1.07. The van der Waals surface area contributed by atoms with Gasteiger partial charge in [0.25, 0.3) is 0 Å². The largest absolute Gasteiger partial charge is 0.491 e. The van der Waals surface area contributed by atoms with Crippen LogP contribution in [0, 0.1) is 0 Å². The van der Waals surface area contributed by atoms with Crippen LogP contribution in [0.5, 0.6) is 5.75 Å². The lowest BCUT2D eigenvalue weighted by atomic mass is 9.93. The molecule has 1 aliphatic rings. The summed E-state index contributed by atoms with van der Waals surface area (Å²) < 4.78 is 28.5. The van der Waals surface area contributed by atoms with E-state index in [0.717, 1.165) is 0 Å². The molecule has 4 nitrogen and oxygen atoms in total. The molecule has 0 spiro atoms. The summed E-state index contributed by atoms with van der Waals surface area (Å²) in [4.78, 5) is 0. The fraction of sp³-hybridized carbons (Fsp3) is 0.538. The van der Waals surface area contributed by atoms with E-state index in [2.05, 4.69) is 0 Å². The molecule has 1 fully saturated rings. The maximum absolute atomic E-state index is 11.5. The number of ether oxygens (including phenoxy) is 1. The molecule has 1 N–H and O–H groups in total. The number of sulfone groups is 1. The van der Waals surface area contributed by atoms with Gasteiger partial charge in [0.05, 0.1) is 17.6 Å². The summed E-state index contributed by atoms with van der Waals surface area (Å²) in [5, 5.41) is 10.4. The molecule has 0 aliphatic carbocycles. The van der Waals surface area contributed by atoms with E-state index in [0.29, 0.717) is 11.3 Å². The van der Waals surface area contributed by atoms with Crippen molar-refractivity contribution in [2.24, 2.45) is 0 Å². The molecule has 1 unspecified atom stereocenters. The molecule has 100 valence electrons. The zero-order valence-corrected chi connectivity index (χ0v) is 11.4. The summed E-state index contributed by atoms with van der Waals surface area (Å²) >= 11 is 0. The van der Waals surface area contributed by atoms with E-state index in [-0.39, 0.29) is 24.0 Å². The summed E-state index contributed by atoms with van der Waals surface area (Å²) in [5.74, 6) is 0.490. The first-order valence-corrected chi connectivity index (χ1v) is 7.83. The van der Waals surface area contributed by atoms with Gasteiger partial charge in [-0.25, -0.2) is 8.42 Å². The quantitative estimate of drug-likeness (QED) is 0.903. The first-order valence-electron chi connectivity index (χ1n) is 6.01. The number of rotatable bonds is 3. The van der Waals surface area contributed by atoms with Gasteiger partial charge in [0.1, 0.15) is 11.4 Å². The number of hydrogen-bond donors (Lipinski definition) is 1. The Bertz CT molecular complexity index is 536. The average Bonchev–Trinajstić information content (AvgIpc) is 2.54. The summed E-state index contributed by atoms with van der Waals surface area (Å²) in [6, 6.07) is 7.04. The highest BCUT2D eigenvalue weighted by atomic mass is 32.2. The molecule has 1 aliphatic heterocycles. The van der Waals surface area contributed by atoms with Crippen molar-refractivity contribution in [2.45, 2.75) is 32.0 Å². The first-order chi connectivity index (χ1) is 8.31. The van der Waals surface area contributed by atoms with Gasteiger partial charge in [-0.05, 0) is 38.0 Å². The fourth-order valence-electron chi connectivity index (χ4n) is 2.19. The Morgan fingerprint density at radius 3 is 2.67 bits per heavy atom. The van der Waals surface area contributed by atoms with Gasteiger partial charge in [0.2, 0.25) is 0 Å². The lowest BCUT2D eigenvalue weighted by Crippen LogP contribution is -2.27. The van der Waals surface area contributed by atoms with Crippen LogP contribution in [-0.2, 0) is 15.4 Å². The minimum Gasteiger partial charge on any atom is -0.491 e. The minimum absolute atomic E-state index is 0.0404. The minimum atomic E-state index is -3.13. The number of hydrogen-bond acceptors (Lipinski definition) is 4. The van der Waals surface area contributed by atoms with Crippen molar-refractivity contribution >= 4 is 9.84 Å². The van der Waals surface area contributed by atoms with Crippen LogP contribution in [0.15, 0.2) is 24.3 Å². The average molecular weight is 270 g/mol. The van der Waals surface area contributed by atoms with E-state index in [1.807, 2.05) is 13.8 Å². The van der Waals surface area contributed by atoms with Crippen molar-refractivity contribution in [1.29, 1.82) is 0 Å². The van der Waals surface area contributed by atoms with Crippen LogP contribution in [-0.4, -0.2) is 31.1 Å². The summed E-state index contributed by atoms with van der Waals surface area (Å²) in [5.41, 5.74) is -0.656. The Morgan fingerprint density at radius 1 is 1.39 bits per heavy atom. The molecular weight excluding hydrogens is 252 g/mol. The molecule has 2 rings (SSSR count). The zero-order valence-electron chi connectivity index (χ0n) is 10.6. The van der Waals surface area contributed by atoms with E-state index in [9.17, 15) is 13.5 Å². The van der Waals surface area contributed by atoms with Gasteiger partial charge >= 0.3 is 0 Å². The second-order valence-corrected chi connectivity index (χ2v) is 7.25. The van der Waals surface area contributed by atoms with Crippen LogP contribution in [0.1, 0.15) is 25.8 Å². The molecular formula is C13H18O4S. The van der Waals surface area contributed by atoms with Gasteiger partial charge in [-0.1, -0.05) is 12.1 Å². The Morgan fingerprint density at radius 2 is 2.11 bits per heavy atom. The van der Waals surface area contributed by atoms with Crippen LogP contribution < -0.4 is 4.74 Å². The molecule has 18 heavy (non-hydrogen) atoms. The van der Waals surface area contributed by atoms with Gasteiger partial charge in [-0.2, -0.15) is 0 Å². The van der Waals surface area contributed by atoms with Gasteiger partial charge < -0.3 is 9.84 Å². The molecule has 0 aromatic heterocycles. The van der Waals surface area contributed by atoms with Crippen molar-refractivity contribution < 1.29 is 18.3 Å². The topological polar surface area (TPSA) is 63.6 Å². The van der Waals surface area contributed by atoms with Gasteiger partial charge in [0, 0.05) is 0 Å². The predicted octanol–water partition coefficient (Wildman–Crippen LogP) is 1.48. The monoisotopic (exact) mass is 270 g/mol. The van der Waals surface area contributed by atoms with Crippen LogP contribution in [0.4, 0.5) is 0 Å². The highest BCUT2D eigenvalue weighted by Gasteiger charge is 2.42. The van der Waals surface area contributed by atoms with Crippen molar-refractivity contribution in [3.8, 4) is 5.75 Å². The second kappa shape index (κ2) is 4.55. The van der Waals surface area contributed by atoms with E-state index >= 15 is 0 Å². The normalized spacial score (nSPS) is 26.4. The van der Waals surface area contributed by atoms with E-state index < -0.39 is 15.4 Å². The number of aliphatic hydroxyl groups is 1. The Balaban J connectivity index is 2.29. The molecule has 1 aromatic carbocycles. The van der Waals surface area contributed by atoms with Crippen molar-refractivity contribution in [2.75, 3.05) is 11.5 Å². The summed E-state index contributed by atoms with van der Waals surface area (Å²) in [7, 11) is -3.13. The third-order valence-electron chi connectivity index (χ3n) is 3.03. The highest BCUT2D eigenvalue weighted by molar-refractivity contribution is 7.91. The van der Waals surface area contributed by atoms with Crippen LogP contribution in [0.3, 0.4) is 0 Å². The van der Waals surface area contributed by atoms with Gasteiger partial charge in [-0.15, -0.1) is 0 Å². The molecule has 0 amide bonds. The molecule has 1 heterocycles. The SMILES string of the molecule is CC(C)Oc1cccc(C2(O)CCS(=O)(=O)C2)c1. The lowest BCUT2D eigenvalue weighted by Gasteiger charge is -2.22. The maximum atomic E-state index is 11.5. The smallest absolute Gasteiger partial charge is 0.153 e. The van der Waals surface area contributed by atoms with Crippen molar-refractivity contribution in [3.63, 3.8) is 0 Å². The van der Waals surface area contributed by atoms with Crippen LogP contribution >= 0.6 is 0 Å². The molecule has 0 radical (unpaired) electrons. The summed E-state index contributed by atoms with van der Waals surface area (Å²) in [6.45, 7) is 3.84. The van der Waals surface area contributed by atoms with Gasteiger partial charge in [0.15, 0.2) is 9.84 Å². The predicted molar refractivity (Wildman–Crippen MR) is 69.4 cm³/mol. The fourth-order valence-corrected chi connectivity index (χ4v) is 4.02. The Labute approximate surface area is 108 Å². The molecule has 0 saturated carbocycles. The second-order valence-electron chi connectivity index (χ2n) is 5.07. The van der Waals surface area contributed by atoms with E-state index in [1.54, 1.807) is 24.3 Å². The third kappa shape index (κ3) is 2.84. The molecule has 1 aromatic rings. The van der Waals surface area contributed by atoms with Crippen LogP contribution in [0.2, 0.25) is 0 Å². The third-order valence-corrected chi connectivity index (χ3v) is 4.77. The maximum Gasteiger partial charge on any atom is 0.153 e. The van der Waals surface area contributed by atoms with E-state index in [1.165, 1.54) is 0 Å². The molecule has 1 atom stereocenters. The number of benzene rings is 1. The standard InChI is InChI=1S/C13H18O4S/c1-10(2)17-12-5-3-4-11(8-12)13(14)6-7-18(15,16)9-13/h3-5,8,10,14H,6-7,9H2,1-2H3. The van der Waals surface area contributed by atoms with E-state index in [4.69, 9.17) is 4.74 Å². The highest BCUT2D eigenvalue weighted by Crippen LogP contribution is 2.34. The summed E-state index contributed by atoms with van der Waals surface area (Å²) in [6.07, 6.45) is 0.294. The Kier molecular flexibility index (Phi) is 3.38. The first kappa shape index (κ1) is 13.4. The lowest BCUT2D eigenvalue weighted by molar-refractivity contribution is 0.0648. The van der Waals surface area contributed by atoms with Crippen LogP contribution in [0.25, 0.3) is 0 Å². The zero-order chi connectivity index (χ0) is 13.4.